The van der Waals surface area contributed by atoms with Gasteiger partial charge in [0.2, 0.25) is 17.7 Å². The first kappa shape index (κ1) is 36.0. The van der Waals surface area contributed by atoms with Crippen molar-refractivity contribution in [3.05, 3.63) is 47.5 Å². The second-order valence-electron chi connectivity index (χ2n) is 9.94. The van der Waals surface area contributed by atoms with Crippen LogP contribution in [0.1, 0.15) is 58.1 Å². The van der Waals surface area contributed by atoms with Crippen molar-refractivity contribution in [3.8, 4) is 0 Å². The summed E-state index contributed by atoms with van der Waals surface area (Å²) in [5, 5.41) is 6.71. The first-order valence-electron chi connectivity index (χ1n) is 13.3. The lowest BCUT2D eigenvalue weighted by molar-refractivity contribution is -0.120. The van der Waals surface area contributed by atoms with Gasteiger partial charge in [-0.1, -0.05) is 31.2 Å². The highest BCUT2D eigenvalue weighted by atomic mass is 32.2. The zero-order valence-corrected chi connectivity index (χ0v) is 27.0. The van der Waals surface area contributed by atoms with Crippen molar-refractivity contribution in [3.63, 3.8) is 0 Å². The lowest BCUT2D eigenvalue weighted by atomic mass is 10.1. The third-order valence-electron chi connectivity index (χ3n) is 5.74. The summed E-state index contributed by atoms with van der Waals surface area (Å²) in [6.07, 6.45) is 2.31. The number of aldehydes is 1. The van der Waals surface area contributed by atoms with Crippen LogP contribution in [0.2, 0.25) is 0 Å². The zero-order valence-electron chi connectivity index (χ0n) is 24.5. The number of anilines is 2. The minimum atomic E-state index is -4.49. The molecule has 0 aliphatic rings. The number of benzene rings is 2. The van der Waals surface area contributed by atoms with Gasteiger partial charge in [0.1, 0.15) is 11.5 Å². The molecule has 0 saturated heterocycles. The number of amides is 3. The maximum absolute atomic E-state index is 13.6. The van der Waals surface area contributed by atoms with Gasteiger partial charge < -0.3 is 26.5 Å². The summed E-state index contributed by atoms with van der Waals surface area (Å²) < 4.78 is 55.5. The maximum Gasteiger partial charge on any atom is 0.264 e. The molecule has 44 heavy (non-hydrogen) atoms. The number of carbonyl (C=O) groups is 4. The Bertz CT molecular complexity index is 1690. The van der Waals surface area contributed by atoms with Crippen LogP contribution >= 0.6 is 12.2 Å². The summed E-state index contributed by atoms with van der Waals surface area (Å²) in [6, 6.07) is 8.07. The number of nitrogens with two attached hydrogens (primary N) is 1. The molecular formula is C28H35N5O8S3. The van der Waals surface area contributed by atoms with Gasteiger partial charge in [-0.15, -0.1) is 0 Å². The number of nitrogens with one attached hydrogen (secondary N) is 4. The molecule has 3 amide bonds. The smallest absolute Gasteiger partial charge is 0.264 e. The second-order valence-corrected chi connectivity index (χ2v) is 14.1. The highest BCUT2D eigenvalue weighted by Crippen LogP contribution is 2.29. The van der Waals surface area contributed by atoms with E-state index < -0.39 is 49.3 Å². The van der Waals surface area contributed by atoms with E-state index in [1.165, 1.54) is 49.4 Å². The van der Waals surface area contributed by atoms with Gasteiger partial charge in [-0.25, -0.2) is 21.6 Å². The molecule has 2 aromatic carbocycles. The highest BCUT2D eigenvalue weighted by molar-refractivity contribution is 7.92. The van der Waals surface area contributed by atoms with Gasteiger partial charge in [0.25, 0.3) is 10.0 Å². The molecule has 0 heterocycles. The van der Waals surface area contributed by atoms with Crippen molar-refractivity contribution in [1.29, 1.82) is 0 Å². The van der Waals surface area contributed by atoms with Crippen LogP contribution in [0, 0.1) is 0 Å². The van der Waals surface area contributed by atoms with Gasteiger partial charge in [0, 0.05) is 30.8 Å². The molecule has 6 N–H and O–H groups in total. The van der Waals surface area contributed by atoms with E-state index in [-0.39, 0.29) is 56.2 Å². The third kappa shape index (κ3) is 10.2. The molecular weight excluding hydrogens is 631 g/mol. The minimum Gasteiger partial charge on any atom is -0.370 e. The van der Waals surface area contributed by atoms with E-state index in [9.17, 15) is 36.0 Å². The molecule has 1 unspecified atom stereocenters. The van der Waals surface area contributed by atoms with Crippen LogP contribution in [0.4, 0.5) is 11.4 Å². The molecule has 238 valence electrons. The van der Waals surface area contributed by atoms with Crippen LogP contribution in [0.5, 0.6) is 0 Å². The van der Waals surface area contributed by atoms with Gasteiger partial charge in [-0.2, -0.15) is 0 Å². The average molecular weight is 666 g/mol. The Morgan fingerprint density at radius 3 is 1.98 bits per heavy atom. The largest absolute Gasteiger partial charge is 0.370 e. The summed E-state index contributed by atoms with van der Waals surface area (Å²) in [7, 11) is -8.91. The van der Waals surface area contributed by atoms with E-state index in [0.717, 1.165) is 6.07 Å². The van der Waals surface area contributed by atoms with E-state index in [4.69, 9.17) is 18.0 Å². The quantitative estimate of drug-likeness (QED) is 0.112. The molecule has 1 atom stereocenters. The predicted octanol–water partition coefficient (Wildman–Crippen LogP) is 2.33. The van der Waals surface area contributed by atoms with Crippen LogP contribution in [0.3, 0.4) is 0 Å². The van der Waals surface area contributed by atoms with E-state index in [1.54, 1.807) is 6.92 Å². The van der Waals surface area contributed by atoms with Gasteiger partial charge in [-0.05, 0) is 67.9 Å². The molecule has 0 fully saturated rings. The number of carbonyl (C=O) groups excluding carboxylic acids is 4. The fourth-order valence-electron chi connectivity index (χ4n) is 3.87. The number of thiocarbonyl (C=S) groups is 1. The van der Waals surface area contributed by atoms with Gasteiger partial charge in [0.05, 0.1) is 16.2 Å². The summed E-state index contributed by atoms with van der Waals surface area (Å²) in [5.74, 6) is -2.19. The highest BCUT2D eigenvalue weighted by Gasteiger charge is 2.31. The predicted molar refractivity (Wildman–Crippen MR) is 172 cm³/mol. The van der Waals surface area contributed by atoms with Crippen molar-refractivity contribution in [2.75, 3.05) is 10.6 Å². The maximum atomic E-state index is 13.6. The number of sulfonamides is 1. The molecule has 0 saturated carbocycles. The fourth-order valence-corrected chi connectivity index (χ4v) is 7.07. The number of hydrogen-bond acceptors (Lipinski definition) is 9. The van der Waals surface area contributed by atoms with Crippen LogP contribution < -0.4 is 26.4 Å². The molecule has 0 spiro atoms. The number of hydrogen-bond donors (Lipinski definition) is 5. The van der Waals surface area contributed by atoms with Crippen molar-refractivity contribution in [2.24, 2.45) is 5.73 Å². The first-order valence-corrected chi connectivity index (χ1v) is 16.8. The molecule has 0 aliphatic carbocycles. The summed E-state index contributed by atoms with van der Waals surface area (Å²) in [6.45, 7) is 6.64. The minimum absolute atomic E-state index is 0.0234. The Morgan fingerprint density at radius 1 is 0.932 bits per heavy atom. The Kier molecular flexibility index (Phi) is 12.7. The number of sulfone groups is 1. The third-order valence-corrected chi connectivity index (χ3v) is 9.43. The lowest BCUT2D eigenvalue weighted by Gasteiger charge is -2.17. The van der Waals surface area contributed by atoms with Crippen LogP contribution in [0.25, 0.3) is 12.2 Å². The normalized spacial score (nSPS) is 12.4. The van der Waals surface area contributed by atoms with Gasteiger partial charge in [0.15, 0.2) is 14.9 Å². The SMILES string of the molecule is CCCC(=O)NS(=O)(=O)c1cc(NC(C)=O)ccc1/C=C/c1ccc(NC(=S)NC(C)C)cc1S(=O)(=O)C(C=O)CC(N)=O. The zero-order chi connectivity index (χ0) is 33.2. The molecule has 2 rings (SSSR count). The number of rotatable bonds is 14. The fraction of sp³-hybridized carbons (Fsp3) is 0.321. The van der Waals surface area contributed by atoms with E-state index in [2.05, 4.69) is 16.0 Å². The van der Waals surface area contributed by atoms with Crippen molar-refractivity contribution >= 4 is 84.7 Å². The second kappa shape index (κ2) is 15.5. The topological polar surface area (TPSA) is 211 Å². The van der Waals surface area contributed by atoms with E-state index in [1.807, 2.05) is 18.6 Å². The van der Waals surface area contributed by atoms with Gasteiger partial charge in [-0.3, -0.25) is 14.4 Å². The van der Waals surface area contributed by atoms with Crippen molar-refractivity contribution in [2.45, 2.75) is 68.0 Å². The number of primary amides is 1. The molecule has 0 bridgehead atoms. The summed E-state index contributed by atoms with van der Waals surface area (Å²) in [4.78, 5) is 46.3. The van der Waals surface area contributed by atoms with Crippen LogP contribution in [-0.4, -0.2) is 57.2 Å². The molecule has 0 aliphatic heterocycles. The molecule has 13 nitrogen and oxygen atoms in total. The van der Waals surface area contributed by atoms with E-state index in [0.29, 0.717) is 6.42 Å². The van der Waals surface area contributed by atoms with Crippen LogP contribution in [0.15, 0.2) is 46.2 Å². The Balaban J connectivity index is 2.73. The van der Waals surface area contributed by atoms with Gasteiger partial charge >= 0.3 is 0 Å². The molecule has 0 radical (unpaired) electrons. The molecule has 0 aromatic heterocycles. The van der Waals surface area contributed by atoms with E-state index >= 15 is 0 Å². The summed E-state index contributed by atoms with van der Waals surface area (Å²) >= 11 is 5.24. The average Bonchev–Trinajstić information content (AvgIpc) is 2.90. The van der Waals surface area contributed by atoms with Crippen LogP contribution in [-0.2, 0) is 39.0 Å². The molecule has 2 aromatic rings. The molecule has 16 heteroatoms. The lowest BCUT2D eigenvalue weighted by Crippen LogP contribution is -2.34. The van der Waals surface area contributed by atoms with Crippen molar-refractivity contribution in [1.82, 2.24) is 10.0 Å². The Morgan fingerprint density at radius 2 is 1.48 bits per heavy atom. The Hall–Kier alpha value is -4.15. The Labute approximate surface area is 262 Å². The first-order chi connectivity index (χ1) is 20.5. The standard InChI is InChI=1S/C28H35N5O8S3/c1-5-6-27(37)33-44(40,41)25-14-21(31-18(4)35)11-10-20(25)8-7-19-9-12-22(32-28(42)30-17(2)3)13-24(19)43(38,39)23(16-34)15-26(29)36/h7-14,16-17,23H,5-6,15H2,1-4H3,(H2,29,36)(H,31,35)(H,33,37)(H2,30,32,42)/b8-7+. The summed E-state index contributed by atoms with van der Waals surface area (Å²) in [5.41, 5.74) is 5.67. The van der Waals surface area contributed by atoms with Crippen molar-refractivity contribution < 1.29 is 36.0 Å². The monoisotopic (exact) mass is 665 g/mol.